The van der Waals surface area contributed by atoms with Crippen LogP contribution in [0.1, 0.15) is 11.1 Å². The molecule has 1 N–H and O–H groups in total. The topological polar surface area (TPSA) is 70.3 Å². The highest BCUT2D eigenvalue weighted by Crippen LogP contribution is 2.27. The van der Waals surface area contributed by atoms with Gasteiger partial charge >= 0.3 is 5.97 Å². The lowest BCUT2D eigenvalue weighted by atomic mass is 10.1. The molecule has 0 aromatic heterocycles. The maximum absolute atomic E-state index is 11.0. The van der Waals surface area contributed by atoms with Crippen LogP contribution in [0.4, 0.5) is 0 Å². The van der Waals surface area contributed by atoms with E-state index in [4.69, 9.17) is 5.26 Å². The van der Waals surface area contributed by atoms with Crippen LogP contribution in [0, 0.1) is 11.3 Å². The summed E-state index contributed by atoms with van der Waals surface area (Å²) in [6.45, 7) is 0. The van der Waals surface area contributed by atoms with Crippen LogP contribution < -0.4 is 0 Å². The first-order valence-electron chi connectivity index (χ1n) is 4.06. The summed E-state index contributed by atoms with van der Waals surface area (Å²) in [7, 11) is 1.27. The van der Waals surface area contributed by atoms with Crippen molar-refractivity contribution in [2.24, 2.45) is 0 Å². The summed E-state index contributed by atoms with van der Waals surface area (Å²) in [5.74, 6) is -0.640. The van der Waals surface area contributed by atoms with E-state index in [1.54, 1.807) is 6.07 Å². The Balaban J connectivity index is 3.13. The summed E-state index contributed by atoms with van der Waals surface area (Å²) in [4.78, 5) is 11.0. The number of rotatable bonds is 2. The van der Waals surface area contributed by atoms with Gasteiger partial charge in [0.2, 0.25) is 0 Å². The van der Waals surface area contributed by atoms with Crippen LogP contribution in [0.15, 0.2) is 16.6 Å². The Bertz CT molecular complexity index is 437. The van der Waals surface area contributed by atoms with Gasteiger partial charge in [-0.05, 0) is 12.1 Å². The largest absolute Gasteiger partial charge is 0.506 e. The van der Waals surface area contributed by atoms with E-state index in [-0.39, 0.29) is 17.7 Å². The van der Waals surface area contributed by atoms with Gasteiger partial charge in [0.05, 0.1) is 19.1 Å². The van der Waals surface area contributed by atoms with Crippen molar-refractivity contribution in [2.75, 3.05) is 7.11 Å². The summed E-state index contributed by atoms with van der Waals surface area (Å²) in [5, 5.41) is 18.3. The van der Waals surface area contributed by atoms with E-state index in [0.717, 1.165) is 0 Å². The molecule has 0 saturated heterocycles. The van der Waals surface area contributed by atoms with Crippen molar-refractivity contribution in [2.45, 2.75) is 6.42 Å². The fraction of sp³-hybridized carbons (Fsp3) is 0.200. The van der Waals surface area contributed by atoms with E-state index in [9.17, 15) is 9.90 Å². The first-order chi connectivity index (χ1) is 7.08. The van der Waals surface area contributed by atoms with E-state index < -0.39 is 5.97 Å². The maximum atomic E-state index is 11.0. The highest BCUT2D eigenvalue weighted by Gasteiger charge is 2.12. The van der Waals surface area contributed by atoms with Gasteiger partial charge in [0.1, 0.15) is 11.8 Å². The summed E-state index contributed by atoms with van der Waals surface area (Å²) in [5.41, 5.74) is 0.496. The highest BCUT2D eigenvalue weighted by molar-refractivity contribution is 9.10. The molecular formula is C10H8BrNO3. The Morgan fingerprint density at radius 2 is 2.33 bits per heavy atom. The third-order valence-electron chi connectivity index (χ3n) is 1.84. The Hall–Kier alpha value is -1.54. The van der Waals surface area contributed by atoms with Crippen LogP contribution in [0.2, 0.25) is 0 Å². The summed E-state index contributed by atoms with van der Waals surface area (Å²) >= 11 is 3.19. The van der Waals surface area contributed by atoms with Crippen molar-refractivity contribution >= 4 is 21.9 Å². The molecule has 1 rings (SSSR count). The van der Waals surface area contributed by atoms with E-state index in [0.29, 0.717) is 10.0 Å². The van der Waals surface area contributed by atoms with Crippen LogP contribution >= 0.6 is 15.9 Å². The van der Waals surface area contributed by atoms with Crippen molar-refractivity contribution in [1.82, 2.24) is 0 Å². The fourth-order valence-electron chi connectivity index (χ4n) is 1.10. The molecule has 0 aliphatic carbocycles. The molecule has 1 aromatic carbocycles. The Labute approximate surface area is 95.2 Å². The first-order valence-corrected chi connectivity index (χ1v) is 4.86. The minimum absolute atomic E-state index is 0.0591. The molecule has 0 unspecified atom stereocenters. The number of methoxy groups -OCH3 is 1. The molecule has 4 nitrogen and oxygen atoms in total. The predicted octanol–water partition coefficient (Wildman–Crippen LogP) is 1.74. The van der Waals surface area contributed by atoms with Gasteiger partial charge in [-0.15, -0.1) is 0 Å². The maximum Gasteiger partial charge on any atom is 0.310 e. The number of carbonyl (C=O) groups excluding carboxylic acids is 1. The number of nitrogens with zero attached hydrogens (tertiary/aromatic N) is 1. The molecule has 0 amide bonds. The number of halogens is 1. The summed E-state index contributed by atoms with van der Waals surface area (Å²) < 4.78 is 5.11. The minimum Gasteiger partial charge on any atom is -0.506 e. The zero-order valence-electron chi connectivity index (χ0n) is 7.95. The second-order valence-electron chi connectivity index (χ2n) is 2.83. The molecular weight excluding hydrogens is 262 g/mol. The normalized spacial score (nSPS) is 9.40. The molecule has 5 heteroatoms. The van der Waals surface area contributed by atoms with Gasteiger partial charge in [-0.25, -0.2) is 0 Å². The van der Waals surface area contributed by atoms with Crippen LogP contribution in [0.25, 0.3) is 0 Å². The van der Waals surface area contributed by atoms with Crippen LogP contribution in [-0.2, 0) is 16.0 Å². The van der Waals surface area contributed by atoms with E-state index >= 15 is 0 Å². The minimum atomic E-state index is -0.465. The van der Waals surface area contributed by atoms with Crippen molar-refractivity contribution in [3.8, 4) is 11.8 Å². The van der Waals surface area contributed by atoms with Crippen molar-refractivity contribution in [3.63, 3.8) is 0 Å². The van der Waals surface area contributed by atoms with E-state index in [1.807, 2.05) is 6.07 Å². The van der Waals surface area contributed by atoms with Gasteiger partial charge in [0, 0.05) is 10.0 Å². The number of esters is 1. The van der Waals surface area contributed by atoms with E-state index in [1.165, 1.54) is 13.2 Å². The number of aromatic hydroxyl groups is 1. The second kappa shape index (κ2) is 4.80. The van der Waals surface area contributed by atoms with Crippen LogP contribution in [0.3, 0.4) is 0 Å². The smallest absolute Gasteiger partial charge is 0.310 e. The monoisotopic (exact) mass is 269 g/mol. The number of ether oxygens (including phenoxy) is 1. The average Bonchev–Trinajstić information content (AvgIpc) is 2.22. The first kappa shape index (κ1) is 11.5. The zero-order valence-corrected chi connectivity index (χ0v) is 9.54. The molecule has 0 saturated carbocycles. The summed E-state index contributed by atoms with van der Waals surface area (Å²) in [6.07, 6.45) is -0.0591. The zero-order chi connectivity index (χ0) is 11.4. The highest BCUT2D eigenvalue weighted by atomic mass is 79.9. The van der Waals surface area contributed by atoms with Crippen molar-refractivity contribution in [3.05, 3.63) is 27.7 Å². The molecule has 0 fully saturated rings. The molecule has 15 heavy (non-hydrogen) atoms. The number of benzene rings is 1. The number of phenolic OH excluding ortho intramolecular Hbond substituents is 1. The van der Waals surface area contributed by atoms with E-state index in [2.05, 4.69) is 20.7 Å². The predicted molar refractivity (Wildman–Crippen MR) is 56.2 cm³/mol. The van der Waals surface area contributed by atoms with Gasteiger partial charge in [-0.3, -0.25) is 4.79 Å². The lowest BCUT2D eigenvalue weighted by molar-refractivity contribution is -0.139. The second-order valence-corrected chi connectivity index (χ2v) is 3.74. The Morgan fingerprint density at radius 3 is 2.87 bits per heavy atom. The number of hydrogen-bond donors (Lipinski definition) is 1. The molecule has 0 spiro atoms. The fourth-order valence-corrected chi connectivity index (χ4v) is 1.61. The average molecular weight is 270 g/mol. The van der Waals surface area contributed by atoms with Gasteiger partial charge < -0.3 is 9.84 Å². The SMILES string of the molecule is COC(=O)Cc1cc(Br)cc(C#N)c1O. The molecule has 0 radical (unpaired) electrons. The van der Waals surface area contributed by atoms with Gasteiger partial charge in [0.25, 0.3) is 0 Å². The number of carbonyl (C=O) groups is 1. The lowest BCUT2D eigenvalue weighted by Gasteiger charge is -2.05. The molecule has 0 aliphatic rings. The quantitative estimate of drug-likeness (QED) is 0.831. The molecule has 0 bridgehead atoms. The molecule has 0 aliphatic heterocycles. The molecule has 0 heterocycles. The summed E-state index contributed by atoms with van der Waals surface area (Å²) in [6, 6.07) is 4.89. The Morgan fingerprint density at radius 1 is 1.67 bits per heavy atom. The van der Waals surface area contributed by atoms with Gasteiger partial charge in [-0.2, -0.15) is 5.26 Å². The van der Waals surface area contributed by atoms with Gasteiger partial charge in [-0.1, -0.05) is 15.9 Å². The van der Waals surface area contributed by atoms with Crippen LogP contribution in [0.5, 0.6) is 5.75 Å². The third kappa shape index (κ3) is 2.70. The molecule has 0 atom stereocenters. The molecule has 78 valence electrons. The van der Waals surface area contributed by atoms with Crippen LogP contribution in [-0.4, -0.2) is 18.2 Å². The van der Waals surface area contributed by atoms with Gasteiger partial charge in [0.15, 0.2) is 0 Å². The number of hydrogen-bond acceptors (Lipinski definition) is 4. The third-order valence-corrected chi connectivity index (χ3v) is 2.29. The Kier molecular flexibility index (Phi) is 3.69. The number of nitriles is 1. The number of phenols is 1. The lowest BCUT2D eigenvalue weighted by Crippen LogP contribution is -2.05. The molecule has 1 aromatic rings. The standard InChI is InChI=1S/C10H8BrNO3/c1-15-9(13)4-6-2-8(11)3-7(5-12)10(6)14/h2-3,14H,4H2,1H3. The van der Waals surface area contributed by atoms with Crippen molar-refractivity contribution < 1.29 is 14.6 Å². The van der Waals surface area contributed by atoms with Crippen molar-refractivity contribution in [1.29, 1.82) is 5.26 Å².